The predicted molar refractivity (Wildman–Crippen MR) is 77.6 cm³/mol. The third-order valence-corrected chi connectivity index (χ3v) is 4.50. The summed E-state index contributed by atoms with van der Waals surface area (Å²) >= 11 is 1.38. The molecular weight excluding hydrogens is 290 g/mol. The number of primary amides is 1. The van der Waals surface area contributed by atoms with Crippen LogP contribution in [0.2, 0.25) is 0 Å². The maximum atomic E-state index is 12.4. The van der Waals surface area contributed by atoms with Gasteiger partial charge in [0, 0.05) is 24.4 Å². The van der Waals surface area contributed by atoms with Crippen LogP contribution >= 0.6 is 11.3 Å². The first-order valence-electron chi connectivity index (χ1n) is 6.73. The first-order valence-corrected chi connectivity index (χ1v) is 7.61. The molecule has 1 aliphatic rings. The van der Waals surface area contributed by atoms with E-state index < -0.39 is 0 Å². The number of hydrogen-bond donors (Lipinski definition) is 1. The lowest BCUT2D eigenvalue weighted by Crippen LogP contribution is -2.41. The second-order valence-corrected chi connectivity index (χ2v) is 5.84. The van der Waals surface area contributed by atoms with Gasteiger partial charge in [-0.1, -0.05) is 0 Å². The Morgan fingerprint density at radius 1 is 1.38 bits per heavy atom. The molecule has 2 aromatic rings. The fourth-order valence-corrected chi connectivity index (χ4v) is 3.17. The highest BCUT2D eigenvalue weighted by atomic mass is 32.1. The van der Waals surface area contributed by atoms with E-state index >= 15 is 0 Å². The van der Waals surface area contributed by atoms with Crippen LogP contribution in [0.4, 0.5) is 0 Å². The van der Waals surface area contributed by atoms with Gasteiger partial charge in [-0.3, -0.25) is 9.59 Å². The quantitative estimate of drug-likeness (QED) is 0.935. The Kier molecular flexibility index (Phi) is 3.74. The molecule has 0 aromatic carbocycles. The lowest BCUT2D eigenvalue weighted by atomic mass is 9.96. The van der Waals surface area contributed by atoms with E-state index in [1.165, 1.54) is 11.3 Å². The van der Waals surface area contributed by atoms with Gasteiger partial charge < -0.3 is 15.1 Å². The Morgan fingerprint density at radius 2 is 2.14 bits per heavy atom. The standard InChI is InChI=1S/C14H15N3O3S/c15-12(18)9-3-5-17(6-4-9)14(19)10-8-21-13(16-10)11-2-1-7-20-11/h1-2,7-9H,3-6H2,(H2,15,18). The molecule has 3 heterocycles. The minimum atomic E-state index is -0.282. The number of aromatic nitrogens is 1. The van der Waals surface area contributed by atoms with Crippen molar-refractivity contribution in [1.82, 2.24) is 9.88 Å². The van der Waals surface area contributed by atoms with Gasteiger partial charge in [0.25, 0.3) is 5.91 Å². The number of likely N-dealkylation sites (tertiary alicyclic amines) is 1. The van der Waals surface area contributed by atoms with Crippen LogP contribution in [-0.4, -0.2) is 34.8 Å². The van der Waals surface area contributed by atoms with E-state index in [0.717, 1.165) is 0 Å². The van der Waals surface area contributed by atoms with E-state index in [1.54, 1.807) is 22.6 Å². The molecule has 7 heteroatoms. The van der Waals surface area contributed by atoms with Crippen LogP contribution in [-0.2, 0) is 4.79 Å². The Labute approximate surface area is 125 Å². The third kappa shape index (κ3) is 2.82. The number of nitrogens with two attached hydrogens (primary N) is 1. The van der Waals surface area contributed by atoms with Gasteiger partial charge in [0.1, 0.15) is 5.69 Å². The Morgan fingerprint density at radius 3 is 2.76 bits per heavy atom. The Bertz CT molecular complexity index is 642. The van der Waals surface area contributed by atoms with Crippen molar-refractivity contribution in [3.05, 3.63) is 29.5 Å². The predicted octanol–water partition coefficient (Wildman–Crippen LogP) is 1.74. The van der Waals surface area contributed by atoms with Gasteiger partial charge in [-0.25, -0.2) is 4.98 Å². The number of carbonyl (C=O) groups is 2. The molecule has 0 atom stereocenters. The average molecular weight is 305 g/mol. The molecular formula is C14H15N3O3S. The number of thiazole rings is 1. The fraction of sp³-hybridized carbons (Fsp3) is 0.357. The normalized spacial score (nSPS) is 16.1. The van der Waals surface area contributed by atoms with Crippen molar-refractivity contribution in [1.29, 1.82) is 0 Å². The van der Waals surface area contributed by atoms with Crippen LogP contribution in [0.3, 0.4) is 0 Å². The van der Waals surface area contributed by atoms with Crippen LogP contribution in [0, 0.1) is 5.92 Å². The smallest absolute Gasteiger partial charge is 0.273 e. The van der Waals surface area contributed by atoms with Gasteiger partial charge in [-0.15, -0.1) is 11.3 Å². The summed E-state index contributed by atoms with van der Waals surface area (Å²) in [4.78, 5) is 29.6. The highest BCUT2D eigenvalue weighted by molar-refractivity contribution is 7.13. The third-order valence-electron chi connectivity index (χ3n) is 3.64. The maximum Gasteiger partial charge on any atom is 0.273 e. The van der Waals surface area contributed by atoms with E-state index in [-0.39, 0.29) is 17.7 Å². The minimum absolute atomic E-state index is 0.105. The lowest BCUT2D eigenvalue weighted by Gasteiger charge is -2.30. The van der Waals surface area contributed by atoms with E-state index in [2.05, 4.69) is 4.98 Å². The van der Waals surface area contributed by atoms with Crippen LogP contribution in [0.25, 0.3) is 10.8 Å². The molecule has 2 amide bonds. The summed E-state index contributed by atoms with van der Waals surface area (Å²) in [5.41, 5.74) is 5.71. The molecule has 0 bridgehead atoms. The Balaban J connectivity index is 1.68. The summed E-state index contributed by atoms with van der Waals surface area (Å²) < 4.78 is 5.27. The van der Waals surface area contributed by atoms with Crippen LogP contribution < -0.4 is 5.73 Å². The zero-order valence-corrected chi connectivity index (χ0v) is 12.1. The van der Waals surface area contributed by atoms with Crippen LogP contribution in [0.15, 0.2) is 28.2 Å². The van der Waals surface area contributed by atoms with E-state index in [1.807, 2.05) is 6.07 Å². The number of rotatable bonds is 3. The molecule has 1 saturated heterocycles. The second kappa shape index (κ2) is 5.69. The van der Waals surface area contributed by atoms with E-state index in [0.29, 0.717) is 42.4 Å². The van der Waals surface area contributed by atoms with Crippen molar-refractivity contribution in [3.8, 4) is 10.8 Å². The molecule has 0 radical (unpaired) electrons. The zero-order valence-electron chi connectivity index (χ0n) is 11.3. The molecule has 0 spiro atoms. The molecule has 0 aliphatic carbocycles. The van der Waals surface area contributed by atoms with Crippen molar-refractivity contribution >= 4 is 23.2 Å². The molecule has 2 N–H and O–H groups in total. The lowest BCUT2D eigenvalue weighted by molar-refractivity contribution is -0.123. The van der Waals surface area contributed by atoms with Gasteiger partial charge in [0.2, 0.25) is 5.91 Å². The van der Waals surface area contributed by atoms with Crippen molar-refractivity contribution in [3.63, 3.8) is 0 Å². The van der Waals surface area contributed by atoms with Gasteiger partial charge in [0.15, 0.2) is 10.8 Å². The molecule has 21 heavy (non-hydrogen) atoms. The molecule has 1 aliphatic heterocycles. The summed E-state index contributed by atoms with van der Waals surface area (Å²) in [5.74, 6) is 0.150. The first-order chi connectivity index (χ1) is 10.1. The van der Waals surface area contributed by atoms with Crippen molar-refractivity contribution in [2.24, 2.45) is 11.7 Å². The summed E-state index contributed by atoms with van der Waals surface area (Å²) in [5, 5.41) is 2.43. The largest absolute Gasteiger partial charge is 0.462 e. The molecule has 110 valence electrons. The van der Waals surface area contributed by atoms with Crippen LogP contribution in [0.5, 0.6) is 0 Å². The van der Waals surface area contributed by atoms with Gasteiger partial charge in [-0.05, 0) is 25.0 Å². The zero-order chi connectivity index (χ0) is 14.8. The van der Waals surface area contributed by atoms with Crippen LogP contribution in [0.1, 0.15) is 23.3 Å². The maximum absolute atomic E-state index is 12.4. The molecule has 0 unspecified atom stereocenters. The number of carbonyl (C=O) groups excluding carboxylic acids is 2. The monoisotopic (exact) mass is 305 g/mol. The molecule has 0 saturated carbocycles. The SMILES string of the molecule is NC(=O)C1CCN(C(=O)c2csc(-c3ccco3)n2)CC1. The molecule has 2 aromatic heterocycles. The highest BCUT2D eigenvalue weighted by Crippen LogP contribution is 2.25. The Hall–Kier alpha value is -2.15. The fourth-order valence-electron chi connectivity index (χ4n) is 2.41. The van der Waals surface area contributed by atoms with E-state index in [4.69, 9.17) is 10.2 Å². The van der Waals surface area contributed by atoms with Gasteiger partial charge in [0.05, 0.1) is 6.26 Å². The topological polar surface area (TPSA) is 89.4 Å². The summed E-state index contributed by atoms with van der Waals surface area (Å²) in [6.45, 7) is 1.08. The number of furan rings is 1. The summed E-state index contributed by atoms with van der Waals surface area (Å²) in [6, 6.07) is 3.60. The number of nitrogens with zero attached hydrogens (tertiary/aromatic N) is 2. The molecule has 6 nitrogen and oxygen atoms in total. The number of hydrogen-bond acceptors (Lipinski definition) is 5. The van der Waals surface area contributed by atoms with Crippen molar-refractivity contribution in [2.45, 2.75) is 12.8 Å². The molecule has 1 fully saturated rings. The summed E-state index contributed by atoms with van der Waals surface area (Å²) in [7, 11) is 0. The molecule has 3 rings (SSSR count). The van der Waals surface area contributed by atoms with Crippen molar-refractivity contribution in [2.75, 3.05) is 13.1 Å². The van der Waals surface area contributed by atoms with E-state index in [9.17, 15) is 9.59 Å². The van der Waals surface area contributed by atoms with Crippen molar-refractivity contribution < 1.29 is 14.0 Å². The highest BCUT2D eigenvalue weighted by Gasteiger charge is 2.27. The minimum Gasteiger partial charge on any atom is -0.462 e. The average Bonchev–Trinajstić information content (AvgIpc) is 3.17. The first kappa shape index (κ1) is 13.8. The summed E-state index contributed by atoms with van der Waals surface area (Å²) in [6.07, 6.45) is 2.82. The number of piperidine rings is 1. The second-order valence-electron chi connectivity index (χ2n) is 4.98. The van der Waals surface area contributed by atoms with Gasteiger partial charge in [-0.2, -0.15) is 0 Å². The number of amides is 2. The van der Waals surface area contributed by atoms with Gasteiger partial charge >= 0.3 is 0 Å².